The maximum absolute atomic E-state index is 13.0. The van der Waals surface area contributed by atoms with E-state index in [4.69, 9.17) is 40.2 Å². The van der Waals surface area contributed by atoms with Crippen LogP contribution in [0.15, 0.2) is 29.5 Å². The fourth-order valence-electron chi connectivity index (χ4n) is 2.86. The minimum atomic E-state index is -0.371. The number of benzene rings is 1. The summed E-state index contributed by atoms with van der Waals surface area (Å²) in [7, 11) is 0. The zero-order valence-electron chi connectivity index (χ0n) is 13.1. The molecule has 24 heavy (non-hydrogen) atoms. The fraction of sp³-hybridized carbons (Fsp3) is 0.375. The maximum Gasteiger partial charge on any atom is 0.254 e. The number of rotatable bonds is 2. The molecular weight excluding hydrogens is 369 g/mol. The third kappa shape index (κ3) is 3.52. The van der Waals surface area contributed by atoms with Crippen molar-refractivity contribution in [3.8, 4) is 0 Å². The standard InChI is InChI=1S/C16H17Cl2N3O2S/c1-9-13(15(22)21-4-6-23-7-5-21)14(20-16(24)19-9)10-2-3-11(17)12(18)8-10/h2-3,8,14H,4-7H2,1H3,(H2,19,20,24). The van der Waals surface area contributed by atoms with E-state index in [1.807, 2.05) is 13.0 Å². The Morgan fingerprint density at radius 3 is 2.67 bits per heavy atom. The van der Waals surface area contributed by atoms with Gasteiger partial charge in [-0.15, -0.1) is 0 Å². The highest BCUT2D eigenvalue weighted by atomic mass is 35.5. The summed E-state index contributed by atoms with van der Waals surface area (Å²) in [5.74, 6) is -0.0330. The first-order chi connectivity index (χ1) is 11.5. The number of thiocarbonyl (C=S) groups is 1. The second kappa shape index (κ2) is 7.27. The van der Waals surface area contributed by atoms with Crippen LogP contribution in [-0.2, 0) is 9.53 Å². The summed E-state index contributed by atoms with van der Waals surface area (Å²) in [6.45, 7) is 4.11. The summed E-state index contributed by atoms with van der Waals surface area (Å²) in [5, 5.41) is 7.59. The molecule has 0 bridgehead atoms. The van der Waals surface area contributed by atoms with Gasteiger partial charge < -0.3 is 20.3 Å². The van der Waals surface area contributed by atoms with Crippen molar-refractivity contribution in [3.63, 3.8) is 0 Å². The van der Waals surface area contributed by atoms with E-state index in [0.717, 1.165) is 11.3 Å². The third-order valence-electron chi connectivity index (χ3n) is 4.07. The summed E-state index contributed by atoms with van der Waals surface area (Å²) in [5.41, 5.74) is 2.21. The highest BCUT2D eigenvalue weighted by Crippen LogP contribution is 2.32. The van der Waals surface area contributed by atoms with E-state index in [1.54, 1.807) is 17.0 Å². The number of ether oxygens (including phenoxy) is 1. The molecule has 1 aromatic rings. The van der Waals surface area contributed by atoms with Gasteiger partial charge in [0.25, 0.3) is 5.91 Å². The maximum atomic E-state index is 13.0. The van der Waals surface area contributed by atoms with Crippen LogP contribution in [0.5, 0.6) is 0 Å². The van der Waals surface area contributed by atoms with Crippen molar-refractivity contribution in [1.82, 2.24) is 15.5 Å². The van der Waals surface area contributed by atoms with Crippen LogP contribution in [0.3, 0.4) is 0 Å². The lowest BCUT2D eigenvalue weighted by Gasteiger charge is -2.35. The van der Waals surface area contributed by atoms with Gasteiger partial charge >= 0.3 is 0 Å². The van der Waals surface area contributed by atoms with Gasteiger partial charge in [-0.1, -0.05) is 29.3 Å². The molecule has 2 aliphatic rings. The van der Waals surface area contributed by atoms with Gasteiger partial charge in [0.15, 0.2) is 5.11 Å². The van der Waals surface area contributed by atoms with Crippen molar-refractivity contribution in [3.05, 3.63) is 45.1 Å². The van der Waals surface area contributed by atoms with Gasteiger partial charge in [-0.2, -0.15) is 0 Å². The number of carbonyl (C=O) groups is 1. The first-order valence-corrected chi connectivity index (χ1v) is 8.74. The largest absolute Gasteiger partial charge is 0.378 e. The number of hydrogen-bond donors (Lipinski definition) is 2. The lowest BCUT2D eigenvalue weighted by molar-refractivity contribution is -0.131. The van der Waals surface area contributed by atoms with Crippen molar-refractivity contribution in [1.29, 1.82) is 0 Å². The number of amides is 1. The zero-order chi connectivity index (χ0) is 17.3. The Morgan fingerprint density at radius 1 is 1.29 bits per heavy atom. The number of carbonyl (C=O) groups excluding carboxylic acids is 1. The fourth-order valence-corrected chi connectivity index (χ4v) is 3.43. The van der Waals surface area contributed by atoms with Gasteiger partial charge in [-0.3, -0.25) is 4.79 Å². The van der Waals surface area contributed by atoms with Gasteiger partial charge in [-0.05, 0) is 36.8 Å². The molecule has 128 valence electrons. The molecule has 1 unspecified atom stereocenters. The van der Waals surface area contributed by atoms with Gasteiger partial charge in [0.2, 0.25) is 0 Å². The van der Waals surface area contributed by atoms with E-state index in [-0.39, 0.29) is 11.9 Å². The summed E-state index contributed by atoms with van der Waals surface area (Å²) in [4.78, 5) is 14.8. The molecule has 5 nitrogen and oxygen atoms in total. The normalized spacial score (nSPS) is 21.4. The second-order valence-corrected chi connectivity index (χ2v) is 6.87. The lowest BCUT2D eigenvalue weighted by atomic mass is 9.94. The molecule has 1 amide bonds. The molecule has 2 N–H and O–H groups in total. The molecule has 0 radical (unpaired) electrons. The van der Waals surface area contributed by atoms with Crippen LogP contribution >= 0.6 is 35.4 Å². The molecule has 0 aromatic heterocycles. The highest BCUT2D eigenvalue weighted by Gasteiger charge is 2.33. The Morgan fingerprint density at radius 2 is 2.00 bits per heavy atom. The van der Waals surface area contributed by atoms with E-state index in [9.17, 15) is 4.79 Å². The summed E-state index contributed by atoms with van der Waals surface area (Å²) in [6, 6.07) is 4.96. The molecule has 0 saturated carbocycles. The van der Waals surface area contributed by atoms with E-state index in [1.165, 1.54) is 0 Å². The summed E-state index contributed by atoms with van der Waals surface area (Å²) >= 11 is 17.4. The number of morpholine rings is 1. The van der Waals surface area contributed by atoms with E-state index < -0.39 is 0 Å². The van der Waals surface area contributed by atoms with Gasteiger partial charge in [0.05, 0.1) is 34.9 Å². The van der Waals surface area contributed by atoms with E-state index >= 15 is 0 Å². The smallest absolute Gasteiger partial charge is 0.254 e. The number of halogens is 2. The van der Waals surface area contributed by atoms with Crippen LogP contribution in [0.25, 0.3) is 0 Å². The molecule has 0 spiro atoms. The average molecular weight is 386 g/mol. The zero-order valence-corrected chi connectivity index (χ0v) is 15.4. The summed E-state index contributed by atoms with van der Waals surface area (Å²) < 4.78 is 5.33. The SMILES string of the molecule is CC1=C(C(=O)N2CCOCC2)C(c2ccc(Cl)c(Cl)c2)NC(=S)N1. The van der Waals surface area contributed by atoms with Gasteiger partial charge in [-0.25, -0.2) is 0 Å². The molecule has 1 aromatic carbocycles. The molecule has 1 fully saturated rings. The Kier molecular flexibility index (Phi) is 5.30. The van der Waals surface area contributed by atoms with Crippen molar-refractivity contribution in [2.24, 2.45) is 0 Å². The molecule has 8 heteroatoms. The number of nitrogens with zero attached hydrogens (tertiary/aromatic N) is 1. The molecule has 3 rings (SSSR count). The molecule has 2 heterocycles. The van der Waals surface area contributed by atoms with Crippen LogP contribution in [0.2, 0.25) is 10.0 Å². The first kappa shape index (κ1) is 17.5. The van der Waals surface area contributed by atoms with Crippen LogP contribution in [0, 0.1) is 0 Å². The van der Waals surface area contributed by atoms with Crippen LogP contribution in [-0.4, -0.2) is 42.2 Å². The average Bonchev–Trinajstić information content (AvgIpc) is 2.57. The van der Waals surface area contributed by atoms with Gasteiger partial charge in [0.1, 0.15) is 0 Å². The highest BCUT2D eigenvalue weighted by molar-refractivity contribution is 7.80. The van der Waals surface area contributed by atoms with Crippen molar-refractivity contribution < 1.29 is 9.53 Å². The van der Waals surface area contributed by atoms with Crippen LogP contribution in [0.1, 0.15) is 18.5 Å². The number of allylic oxidation sites excluding steroid dienone is 1. The Bertz CT molecular complexity index is 717. The lowest BCUT2D eigenvalue weighted by Crippen LogP contribution is -2.49. The monoisotopic (exact) mass is 385 g/mol. The van der Waals surface area contributed by atoms with Crippen molar-refractivity contribution >= 4 is 46.4 Å². The van der Waals surface area contributed by atoms with E-state index in [2.05, 4.69) is 10.6 Å². The predicted molar refractivity (Wildman–Crippen MR) is 98.2 cm³/mol. The van der Waals surface area contributed by atoms with Crippen LogP contribution in [0.4, 0.5) is 0 Å². The topological polar surface area (TPSA) is 53.6 Å². The molecular formula is C16H17Cl2N3O2S. The quantitative estimate of drug-likeness (QED) is 0.766. The predicted octanol–water partition coefficient (Wildman–Crippen LogP) is 2.64. The van der Waals surface area contributed by atoms with E-state index in [0.29, 0.717) is 47.0 Å². The van der Waals surface area contributed by atoms with Crippen molar-refractivity contribution in [2.45, 2.75) is 13.0 Å². The Labute approximate surface area is 155 Å². The van der Waals surface area contributed by atoms with Crippen LogP contribution < -0.4 is 10.6 Å². The molecule has 1 atom stereocenters. The Balaban J connectivity index is 1.98. The molecule has 2 aliphatic heterocycles. The number of nitrogens with one attached hydrogen (secondary N) is 2. The Hall–Kier alpha value is -1.34. The number of hydrogen-bond acceptors (Lipinski definition) is 3. The minimum absolute atomic E-state index is 0.0330. The minimum Gasteiger partial charge on any atom is -0.378 e. The third-order valence-corrected chi connectivity index (χ3v) is 5.03. The second-order valence-electron chi connectivity index (χ2n) is 5.65. The first-order valence-electron chi connectivity index (χ1n) is 7.57. The molecule has 1 saturated heterocycles. The molecule has 0 aliphatic carbocycles. The summed E-state index contributed by atoms with van der Waals surface area (Å²) in [6.07, 6.45) is 0. The van der Waals surface area contributed by atoms with Gasteiger partial charge in [0, 0.05) is 18.8 Å². The van der Waals surface area contributed by atoms with Crippen molar-refractivity contribution in [2.75, 3.05) is 26.3 Å².